The van der Waals surface area contributed by atoms with E-state index in [1.807, 2.05) is 18.2 Å². The number of benzene rings is 1. The van der Waals surface area contributed by atoms with E-state index < -0.39 is 0 Å². The van der Waals surface area contributed by atoms with E-state index >= 15 is 0 Å². The summed E-state index contributed by atoms with van der Waals surface area (Å²) in [4.78, 5) is 0. The van der Waals surface area contributed by atoms with Crippen LogP contribution in [0.4, 0.5) is 0 Å². The smallest absolute Gasteiger partial charge is 0.164 e. The Morgan fingerprint density at radius 3 is 2.60 bits per heavy atom. The summed E-state index contributed by atoms with van der Waals surface area (Å²) in [6.07, 6.45) is 3.43. The van der Waals surface area contributed by atoms with Crippen LogP contribution in [0.3, 0.4) is 0 Å². The van der Waals surface area contributed by atoms with Crippen LogP contribution < -0.4 is 11.1 Å². The van der Waals surface area contributed by atoms with Gasteiger partial charge in [-0.1, -0.05) is 50.1 Å². The van der Waals surface area contributed by atoms with Gasteiger partial charge < -0.3 is 11.1 Å². The molecule has 1 aromatic carbocycles. The maximum Gasteiger partial charge on any atom is 0.164 e. The van der Waals surface area contributed by atoms with Crippen LogP contribution in [-0.4, -0.2) is 5.11 Å². The Morgan fingerprint density at radius 1 is 1.40 bits per heavy atom. The summed E-state index contributed by atoms with van der Waals surface area (Å²) in [5.41, 5.74) is 6.77. The molecule has 0 aromatic heterocycles. The van der Waals surface area contributed by atoms with Gasteiger partial charge in [-0.2, -0.15) is 0 Å². The van der Waals surface area contributed by atoms with Gasteiger partial charge in [-0.15, -0.1) is 0 Å². The van der Waals surface area contributed by atoms with Crippen LogP contribution in [0.15, 0.2) is 30.3 Å². The molecule has 0 aliphatic carbocycles. The van der Waals surface area contributed by atoms with Crippen molar-refractivity contribution in [2.24, 2.45) is 5.73 Å². The zero-order chi connectivity index (χ0) is 11.1. The second-order valence-electron chi connectivity index (χ2n) is 3.61. The van der Waals surface area contributed by atoms with Crippen LogP contribution in [0.25, 0.3) is 0 Å². The molecule has 15 heavy (non-hydrogen) atoms. The first kappa shape index (κ1) is 12.0. The lowest BCUT2D eigenvalue weighted by atomic mass is 10.0. The molecular weight excluding hydrogens is 204 g/mol. The molecule has 0 amide bonds. The fourth-order valence-corrected chi connectivity index (χ4v) is 1.73. The Balaban J connectivity index is 2.67. The predicted octanol–water partition coefficient (Wildman–Crippen LogP) is 2.75. The first-order chi connectivity index (χ1) is 7.24. The SMILES string of the molecule is CCCC[C@H](NC(N)=S)c1ccccc1. The number of hydrogen-bond donors (Lipinski definition) is 2. The highest BCUT2D eigenvalue weighted by Crippen LogP contribution is 2.18. The zero-order valence-corrected chi connectivity index (χ0v) is 9.89. The molecule has 0 aliphatic rings. The minimum Gasteiger partial charge on any atom is -0.376 e. The van der Waals surface area contributed by atoms with Gasteiger partial charge in [0.15, 0.2) is 5.11 Å². The highest BCUT2D eigenvalue weighted by molar-refractivity contribution is 7.80. The van der Waals surface area contributed by atoms with Crippen LogP contribution in [0.1, 0.15) is 37.8 Å². The van der Waals surface area contributed by atoms with Gasteiger partial charge in [-0.25, -0.2) is 0 Å². The number of nitrogens with one attached hydrogen (secondary N) is 1. The van der Waals surface area contributed by atoms with Crippen molar-refractivity contribution in [1.29, 1.82) is 0 Å². The van der Waals surface area contributed by atoms with Crippen LogP contribution in [0, 0.1) is 0 Å². The van der Waals surface area contributed by atoms with Crippen LogP contribution in [0.2, 0.25) is 0 Å². The lowest BCUT2D eigenvalue weighted by Gasteiger charge is -2.18. The molecule has 3 N–H and O–H groups in total. The van der Waals surface area contributed by atoms with E-state index in [-0.39, 0.29) is 6.04 Å². The quantitative estimate of drug-likeness (QED) is 0.752. The van der Waals surface area contributed by atoms with Gasteiger partial charge in [-0.05, 0) is 24.2 Å². The molecule has 1 atom stereocenters. The van der Waals surface area contributed by atoms with Crippen molar-refractivity contribution in [3.05, 3.63) is 35.9 Å². The fraction of sp³-hybridized carbons (Fsp3) is 0.417. The first-order valence-corrected chi connectivity index (χ1v) is 5.75. The van der Waals surface area contributed by atoms with Crippen molar-refractivity contribution in [1.82, 2.24) is 5.32 Å². The highest BCUT2D eigenvalue weighted by atomic mass is 32.1. The van der Waals surface area contributed by atoms with Crippen molar-refractivity contribution in [2.75, 3.05) is 0 Å². The van der Waals surface area contributed by atoms with Crippen molar-refractivity contribution < 1.29 is 0 Å². The summed E-state index contributed by atoms with van der Waals surface area (Å²) in [5, 5.41) is 3.52. The van der Waals surface area contributed by atoms with Gasteiger partial charge in [-0.3, -0.25) is 0 Å². The normalized spacial score (nSPS) is 12.1. The van der Waals surface area contributed by atoms with E-state index in [0.29, 0.717) is 5.11 Å². The van der Waals surface area contributed by atoms with Crippen LogP contribution >= 0.6 is 12.2 Å². The molecule has 0 saturated carbocycles. The Hall–Kier alpha value is -1.09. The minimum atomic E-state index is 0.253. The lowest BCUT2D eigenvalue weighted by molar-refractivity contribution is 0.558. The van der Waals surface area contributed by atoms with E-state index in [0.717, 1.165) is 6.42 Å². The van der Waals surface area contributed by atoms with Crippen LogP contribution in [-0.2, 0) is 0 Å². The van der Waals surface area contributed by atoms with Crippen molar-refractivity contribution in [2.45, 2.75) is 32.2 Å². The predicted molar refractivity (Wildman–Crippen MR) is 68.6 cm³/mol. The van der Waals surface area contributed by atoms with Gasteiger partial charge in [0.1, 0.15) is 0 Å². The Bertz CT molecular complexity index is 298. The molecule has 1 aromatic rings. The van der Waals surface area contributed by atoms with E-state index in [1.54, 1.807) is 0 Å². The number of hydrogen-bond acceptors (Lipinski definition) is 1. The second kappa shape index (κ2) is 6.40. The van der Waals surface area contributed by atoms with Gasteiger partial charge in [0.05, 0.1) is 6.04 Å². The molecule has 0 radical (unpaired) electrons. The molecule has 82 valence electrons. The molecule has 1 rings (SSSR count). The second-order valence-corrected chi connectivity index (χ2v) is 4.05. The standard InChI is InChI=1S/C12H18N2S/c1-2-3-9-11(14-12(13)15)10-7-5-4-6-8-10/h4-8,11H,2-3,9H2,1H3,(H3,13,14,15)/t11-/m0/s1. The van der Waals surface area contributed by atoms with E-state index in [9.17, 15) is 0 Å². The lowest BCUT2D eigenvalue weighted by Crippen LogP contribution is -2.32. The molecule has 3 heteroatoms. The number of rotatable bonds is 5. The van der Waals surface area contributed by atoms with Gasteiger partial charge in [0.25, 0.3) is 0 Å². The molecule has 0 heterocycles. The van der Waals surface area contributed by atoms with Crippen molar-refractivity contribution >= 4 is 17.3 Å². The molecular formula is C12H18N2S. The summed E-state index contributed by atoms with van der Waals surface area (Å²) in [7, 11) is 0. The third kappa shape index (κ3) is 4.30. The van der Waals surface area contributed by atoms with Crippen molar-refractivity contribution in [3.63, 3.8) is 0 Å². The summed E-state index contributed by atoms with van der Waals surface area (Å²) in [6, 6.07) is 10.5. The number of nitrogens with two attached hydrogens (primary N) is 1. The first-order valence-electron chi connectivity index (χ1n) is 5.35. The average molecular weight is 222 g/mol. The number of thiocarbonyl (C=S) groups is 1. The highest BCUT2D eigenvalue weighted by Gasteiger charge is 2.09. The van der Waals surface area contributed by atoms with Gasteiger partial charge in [0.2, 0.25) is 0 Å². The molecule has 0 saturated heterocycles. The maximum atomic E-state index is 5.52. The largest absolute Gasteiger partial charge is 0.376 e. The van der Waals surface area contributed by atoms with E-state index in [1.165, 1.54) is 18.4 Å². The zero-order valence-electron chi connectivity index (χ0n) is 9.07. The topological polar surface area (TPSA) is 38.0 Å². The Morgan fingerprint density at radius 2 is 2.07 bits per heavy atom. The molecule has 0 fully saturated rings. The monoisotopic (exact) mass is 222 g/mol. The molecule has 0 unspecified atom stereocenters. The summed E-state index contributed by atoms with van der Waals surface area (Å²) in [5.74, 6) is 0. The fourth-order valence-electron chi connectivity index (χ4n) is 1.59. The molecule has 0 bridgehead atoms. The average Bonchev–Trinajstić information content (AvgIpc) is 2.25. The van der Waals surface area contributed by atoms with Gasteiger partial charge in [0, 0.05) is 0 Å². The molecule has 0 aliphatic heterocycles. The number of unbranched alkanes of at least 4 members (excludes halogenated alkanes) is 1. The third-order valence-corrected chi connectivity index (χ3v) is 2.48. The van der Waals surface area contributed by atoms with E-state index in [2.05, 4.69) is 24.4 Å². The van der Waals surface area contributed by atoms with E-state index in [4.69, 9.17) is 18.0 Å². The maximum absolute atomic E-state index is 5.52. The summed E-state index contributed by atoms with van der Waals surface area (Å²) in [6.45, 7) is 2.18. The third-order valence-electron chi connectivity index (χ3n) is 2.36. The molecule has 0 spiro atoms. The summed E-state index contributed by atoms with van der Waals surface area (Å²) < 4.78 is 0. The van der Waals surface area contributed by atoms with Crippen molar-refractivity contribution in [3.8, 4) is 0 Å². The minimum absolute atomic E-state index is 0.253. The summed E-state index contributed by atoms with van der Waals surface area (Å²) >= 11 is 4.89. The van der Waals surface area contributed by atoms with Gasteiger partial charge >= 0.3 is 0 Å². The Kier molecular flexibility index (Phi) is 5.12. The molecule has 2 nitrogen and oxygen atoms in total. The van der Waals surface area contributed by atoms with Crippen LogP contribution in [0.5, 0.6) is 0 Å². The Labute approximate surface area is 96.9 Å².